The summed E-state index contributed by atoms with van der Waals surface area (Å²) in [4.78, 5) is 9.09. The van der Waals surface area contributed by atoms with E-state index < -0.39 is 6.23 Å². The molecule has 0 rings (SSSR count). The molecule has 0 aliphatic carbocycles. The van der Waals surface area contributed by atoms with E-state index in [1.54, 1.807) is 0 Å². The number of aliphatic hydroxyl groups excluding tert-OH is 1. The van der Waals surface area contributed by atoms with E-state index in [4.69, 9.17) is 9.90 Å². The molecule has 0 saturated carbocycles. The summed E-state index contributed by atoms with van der Waals surface area (Å²) in [6, 6.07) is 0. The molecule has 0 atom stereocenters. The number of hydrogen-bond donors (Lipinski definition) is 2. The van der Waals surface area contributed by atoms with E-state index in [-0.39, 0.29) is 6.29 Å². The Bertz CT molecular complexity index is 34.6. The molecule has 0 bridgehead atoms. The first-order chi connectivity index (χ1) is 2.27. The van der Waals surface area contributed by atoms with Crippen molar-refractivity contribution in [3.05, 3.63) is 6.23 Å². The third-order valence-electron chi connectivity index (χ3n) is 0.121. The zero-order valence-corrected chi connectivity index (χ0v) is 2.51. The van der Waals surface area contributed by atoms with Gasteiger partial charge >= 0.3 is 0 Å². The molecule has 0 saturated heterocycles. The molecule has 0 amide bonds. The highest BCUT2D eigenvalue weighted by Gasteiger charge is 1.84. The van der Waals surface area contributed by atoms with Crippen LogP contribution in [-0.2, 0) is 4.79 Å². The molecular formula is C2H4NO2. The van der Waals surface area contributed by atoms with Crippen LogP contribution in [0.4, 0.5) is 0 Å². The standard InChI is InChI=1S/C2H4NO2/c3-2(5)1-4/h1,5H,3H2. The van der Waals surface area contributed by atoms with E-state index in [1.165, 1.54) is 0 Å². The monoisotopic (exact) mass is 74.0 g/mol. The normalized spacial score (nSPS) is 8.60. The zero-order valence-electron chi connectivity index (χ0n) is 2.51. The second-order valence-electron chi connectivity index (χ2n) is 0.543. The van der Waals surface area contributed by atoms with Gasteiger partial charge in [-0.25, -0.2) is 0 Å². The van der Waals surface area contributed by atoms with Crippen molar-refractivity contribution >= 4 is 6.29 Å². The molecule has 0 fully saturated rings. The molecule has 0 aliphatic rings. The average molecular weight is 74.1 g/mol. The van der Waals surface area contributed by atoms with Gasteiger partial charge in [0.15, 0.2) is 6.29 Å². The number of hydrogen-bond acceptors (Lipinski definition) is 3. The van der Waals surface area contributed by atoms with Gasteiger partial charge in [-0.2, -0.15) is 0 Å². The molecule has 1 radical (unpaired) electrons. The smallest absolute Gasteiger partial charge is 0.220 e. The van der Waals surface area contributed by atoms with Gasteiger partial charge in [-0.1, -0.05) is 0 Å². The molecule has 0 spiro atoms. The van der Waals surface area contributed by atoms with Crippen LogP contribution in [0.15, 0.2) is 0 Å². The molecule has 0 heterocycles. The number of aldehydes is 1. The predicted octanol–water partition coefficient (Wildman–Crippen LogP) is -0.994. The first-order valence-electron chi connectivity index (χ1n) is 1.04. The molecule has 3 heteroatoms. The van der Waals surface area contributed by atoms with Gasteiger partial charge in [0.05, 0.1) is 0 Å². The average Bonchev–Trinajstić information content (AvgIpc) is 1.38. The summed E-state index contributed by atoms with van der Waals surface area (Å²) in [6.45, 7) is 0. The lowest BCUT2D eigenvalue weighted by molar-refractivity contribution is -0.109. The van der Waals surface area contributed by atoms with Crippen molar-refractivity contribution in [3.8, 4) is 0 Å². The first kappa shape index (κ1) is 4.59. The Morgan fingerprint density at radius 3 is 2.20 bits per heavy atom. The Hall–Kier alpha value is -0.410. The van der Waals surface area contributed by atoms with E-state index in [0.717, 1.165) is 0 Å². The van der Waals surface area contributed by atoms with E-state index in [0.29, 0.717) is 0 Å². The molecule has 5 heavy (non-hydrogen) atoms. The van der Waals surface area contributed by atoms with Crippen LogP contribution in [0.3, 0.4) is 0 Å². The van der Waals surface area contributed by atoms with Crippen molar-refractivity contribution < 1.29 is 9.90 Å². The summed E-state index contributed by atoms with van der Waals surface area (Å²) in [5.41, 5.74) is 4.40. The highest BCUT2D eigenvalue weighted by Crippen LogP contribution is 1.61. The Morgan fingerprint density at radius 2 is 2.20 bits per heavy atom. The van der Waals surface area contributed by atoms with Gasteiger partial charge in [0.2, 0.25) is 6.23 Å². The fourth-order valence-corrected chi connectivity index (χ4v) is 0. The quantitative estimate of drug-likeness (QED) is 0.392. The lowest BCUT2D eigenvalue weighted by atomic mass is 10.7. The van der Waals surface area contributed by atoms with Gasteiger partial charge < -0.3 is 5.11 Å². The molecule has 3 N–H and O–H groups in total. The van der Waals surface area contributed by atoms with Crippen molar-refractivity contribution in [3.63, 3.8) is 0 Å². The molecule has 29 valence electrons. The minimum absolute atomic E-state index is 0.167. The number of rotatable bonds is 1. The minimum Gasteiger partial charge on any atom is -0.366 e. The highest BCUT2D eigenvalue weighted by atomic mass is 16.3. The summed E-state index contributed by atoms with van der Waals surface area (Å²) in [5.74, 6) is 0. The van der Waals surface area contributed by atoms with E-state index in [2.05, 4.69) is 5.73 Å². The third-order valence-corrected chi connectivity index (χ3v) is 0.121. The topological polar surface area (TPSA) is 63.3 Å². The summed E-state index contributed by atoms with van der Waals surface area (Å²) < 4.78 is 0. The van der Waals surface area contributed by atoms with Crippen molar-refractivity contribution in [1.29, 1.82) is 0 Å². The van der Waals surface area contributed by atoms with Crippen LogP contribution in [0.2, 0.25) is 0 Å². The van der Waals surface area contributed by atoms with Gasteiger partial charge in [-0.05, 0) is 0 Å². The van der Waals surface area contributed by atoms with E-state index >= 15 is 0 Å². The Balaban J connectivity index is 2.83. The maximum atomic E-state index is 9.09. The van der Waals surface area contributed by atoms with Crippen LogP contribution in [-0.4, -0.2) is 11.4 Å². The first-order valence-corrected chi connectivity index (χ1v) is 1.04. The number of carbonyl (C=O) groups is 1. The molecule has 0 unspecified atom stereocenters. The zero-order chi connectivity index (χ0) is 4.28. The fraction of sp³-hybridized carbons (Fsp3) is 0. The van der Waals surface area contributed by atoms with Crippen molar-refractivity contribution in [2.24, 2.45) is 5.73 Å². The van der Waals surface area contributed by atoms with E-state index in [1.807, 2.05) is 0 Å². The van der Waals surface area contributed by atoms with Gasteiger partial charge in [0.1, 0.15) is 0 Å². The van der Waals surface area contributed by atoms with Crippen LogP contribution >= 0.6 is 0 Å². The van der Waals surface area contributed by atoms with Gasteiger partial charge in [0.25, 0.3) is 0 Å². The van der Waals surface area contributed by atoms with Crippen LogP contribution in [0.25, 0.3) is 0 Å². The van der Waals surface area contributed by atoms with Crippen LogP contribution in [0, 0.1) is 6.23 Å². The summed E-state index contributed by atoms with van der Waals surface area (Å²) >= 11 is 0. The molecule has 0 aliphatic heterocycles. The van der Waals surface area contributed by atoms with Crippen LogP contribution < -0.4 is 5.73 Å². The van der Waals surface area contributed by atoms with Crippen molar-refractivity contribution in [2.45, 2.75) is 0 Å². The molecule has 0 aromatic carbocycles. The summed E-state index contributed by atoms with van der Waals surface area (Å²) in [7, 11) is 0. The Labute approximate surface area is 29.4 Å². The lowest BCUT2D eigenvalue weighted by Crippen LogP contribution is -2.07. The van der Waals surface area contributed by atoms with Gasteiger partial charge in [0, 0.05) is 0 Å². The molecular weight excluding hydrogens is 70.0 g/mol. The van der Waals surface area contributed by atoms with Gasteiger partial charge in [-0.3, -0.25) is 10.5 Å². The number of nitrogens with two attached hydrogens (primary N) is 1. The minimum atomic E-state index is -0.676. The Morgan fingerprint density at radius 1 is 2.00 bits per heavy atom. The van der Waals surface area contributed by atoms with Crippen LogP contribution in [0.5, 0.6) is 0 Å². The maximum Gasteiger partial charge on any atom is 0.220 e. The lowest BCUT2D eigenvalue weighted by Gasteiger charge is -1.78. The second-order valence-corrected chi connectivity index (χ2v) is 0.543. The Kier molecular flexibility index (Phi) is 1.72. The van der Waals surface area contributed by atoms with Gasteiger partial charge in [-0.15, -0.1) is 0 Å². The SMILES string of the molecule is N[C](O)C=O. The second kappa shape index (κ2) is 1.87. The number of carbonyl (C=O) groups excluding carboxylic acids is 1. The molecule has 0 aromatic rings. The molecule has 3 nitrogen and oxygen atoms in total. The largest absolute Gasteiger partial charge is 0.366 e. The van der Waals surface area contributed by atoms with Crippen molar-refractivity contribution in [2.75, 3.05) is 0 Å². The molecule has 0 aromatic heterocycles. The maximum absolute atomic E-state index is 9.09. The number of aliphatic hydroxyl groups is 1. The summed E-state index contributed by atoms with van der Waals surface area (Å²) in [5, 5.41) is 7.69. The van der Waals surface area contributed by atoms with E-state index in [9.17, 15) is 0 Å². The third kappa shape index (κ3) is 3.59. The highest BCUT2D eigenvalue weighted by molar-refractivity contribution is 5.63. The fourth-order valence-electron chi connectivity index (χ4n) is 0. The predicted molar refractivity (Wildman–Crippen MR) is 15.4 cm³/mol. The van der Waals surface area contributed by atoms with Crippen LogP contribution in [0.1, 0.15) is 0 Å². The van der Waals surface area contributed by atoms with Crippen molar-refractivity contribution in [1.82, 2.24) is 0 Å². The summed E-state index contributed by atoms with van der Waals surface area (Å²) in [6.07, 6.45) is -0.509.